The van der Waals surface area contributed by atoms with Gasteiger partial charge in [-0.25, -0.2) is 0 Å². The van der Waals surface area contributed by atoms with Crippen LogP contribution in [0.15, 0.2) is 29.0 Å². The highest BCUT2D eigenvalue weighted by Gasteiger charge is 2.18. The van der Waals surface area contributed by atoms with Gasteiger partial charge in [-0.3, -0.25) is 9.79 Å². The minimum Gasteiger partial charge on any atom is -0.496 e. The number of hydrogen-bond acceptors (Lipinski definition) is 5. The van der Waals surface area contributed by atoms with Gasteiger partial charge in [-0.2, -0.15) is 0 Å². The van der Waals surface area contributed by atoms with Crippen molar-refractivity contribution in [2.75, 3.05) is 41.3 Å². The van der Waals surface area contributed by atoms with E-state index in [1.807, 2.05) is 20.9 Å². The van der Waals surface area contributed by atoms with Crippen LogP contribution in [0.3, 0.4) is 0 Å². The van der Waals surface area contributed by atoms with Gasteiger partial charge in [0, 0.05) is 33.3 Å². The summed E-state index contributed by atoms with van der Waals surface area (Å²) in [6, 6.07) is 0. The Balaban J connectivity index is 0. The summed E-state index contributed by atoms with van der Waals surface area (Å²) in [5, 5.41) is 11.1. The van der Waals surface area contributed by atoms with Crippen molar-refractivity contribution in [3.05, 3.63) is 24.0 Å². The van der Waals surface area contributed by atoms with Crippen molar-refractivity contribution in [3.63, 3.8) is 0 Å². The normalized spacial score (nSPS) is 15.5. The number of carbonyl (C=O) groups excluding carboxylic acids is 1. The first kappa shape index (κ1) is 22.6. The number of nitrogens with one attached hydrogen (secondary N) is 1. The third kappa shape index (κ3) is 9.31. The Morgan fingerprint density at radius 1 is 1.45 bits per heavy atom. The molecule has 0 saturated carbocycles. The molecule has 0 aliphatic carbocycles. The molecule has 1 aliphatic heterocycles. The van der Waals surface area contributed by atoms with E-state index in [9.17, 15) is 4.79 Å². The average Bonchev–Trinajstić information content (AvgIpc) is 2.49. The number of allylic oxidation sites excluding steroid dienone is 1. The monoisotopic (exact) mass is 313 g/mol. The highest BCUT2D eigenvalue weighted by Crippen LogP contribution is 2.07. The predicted molar refractivity (Wildman–Crippen MR) is 92.2 cm³/mol. The largest absolute Gasteiger partial charge is 0.496 e. The molecule has 0 aromatic carbocycles. The maximum absolute atomic E-state index is 11.2. The molecule has 1 amide bonds. The summed E-state index contributed by atoms with van der Waals surface area (Å²) in [5.41, 5.74) is 1.06. The lowest BCUT2D eigenvalue weighted by Gasteiger charge is -2.31. The molecule has 22 heavy (non-hydrogen) atoms. The van der Waals surface area contributed by atoms with Crippen LogP contribution >= 0.6 is 0 Å². The molecule has 1 aliphatic rings. The number of likely N-dealkylation sites (tertiary alicyclic amines) is 1. The van der Waals surface area contributed by atoms with E-state index in [1.165, 1.54) is 7.11 Å². The fourth-order valence-electron chi connectivity index (χ4n) is 1.51. The van der Waals surface area contributed by atoms with E-state index in [0.717, 1.165) is 18.7 Å². The van der Waals surface area contributed by atoms with Crippen molar-refractivity contribution in [1.29, 1.82) is 0 Å². The number of β-amino-alcohol motifs (C(OH)–C–C–N with tert-alkyl or cyclic N) is 1. The molecule has 1 saturated heterocycles. The summed E-state index contributed by atoms with van der Waals surface area (Å²) in [6.07, 6.45) is 1.52. The van der Waals surface area contributed by atoms with E-state index in [-0.39, 0.29) is 12.0 Å². The zero-order chi connectivity index (χ0) is 17.7. The minimum absolute atomic E-state index is 0.0324. The zero-order valence-corrected chi connectivity index (χ0v) is 14.9. The van der Waals surface area contributed by atoms with Crippen LogP contribution in [0.1, 0.15) is 20.8 Å². The second-order valence-electron chi connectivity index (χ2n) is 4.56. The van der Waals surface area contributed by atoms with E-state index in [2.05, 4.69) is 21.8 Å². The molecule has 0 atom stereocenters. The predicted octanol–water partition coefficient (Wildman–Crippen LogP) is 1.23. The van der Waals surface area contributed by atoms with Crippen LogP contribution in [0.2, 0.25) is 0 Å². The maximum Gasteiger partial charge on any atom is 0.269 e. The van der Waals surface area contributed by atoms with Crippen LogP contribution in [-0.4, -0.2) is 69.1 Å². The minimum atomic E-state index is -0.247. The summed E-state index contributed by atoms with van der Waals surface area (Å²) in [4.78, 5) is 17.2. The molecule has 0 radical (unpaired) electrons. The van der Waals surface area contributed by atoms with Crippen molar-refractivity contribution in [2.24, 2.45) is 4.99 Å². The number of aliphatic imine (C=N–C) groups is 1. The molecule has 0 aromatic heterocycles. The van der Waals surface area contributed by atoms with Gasteiger partial charge in [-0.1, -0.05) is 20.4 Å². The third-order valence-electron chi connectivity index (χ3n) is 2.65. The number of rotatable bonds is 4. The van der Waals surface area contributed by atoms with E-state index in [4.69, 9.17) is 9.84 Å². The van der Waals surface area contributed by atoms with Gasteiger partial charge >= 0.3 is 0 Å². The number of hydrogen-bond donors (Lipinski definition) is 2. The molecule has 0 bridgehead atoms. The fourth-order valence-corrected chi connectivity index (χ4v) is 1.51. The molecule has 1 rings (SSSR count). The first-order valence-corrected chi connectivity index (χ1v) is 7.32. The molecule has 6 heteroatoms. The van der Waals surface area contributed by atoms with Gasteiger partial charge < -0.3 is 20.1 Å². The fraction of sp³-hybridized carbons (Fsp3) is 0.625. The first-order chi connectivity index (χ1) is 10.3. The van der Waals surface area contributed by atoms with Crippen molar-refractivity contribution in [1.82, 2.24) is 10.2 Å². The molecule has 128 valence electrons. The highest BCUT2D eigenvalue weighted by atomic mass is 16.5. The van der Waals surface area contributed by atoms with Crippen molar-refractivity contribution < 1.29 is 14.6 Å². The molecule has 2 N–H and O–H groups in total. The number of likely N-dealkylation sites (N-methyl/N-ethyl adjacent to an activating group) is 1. The van der Waals surface area contributed by atoms with Crippen LogP contribution in [0.4, 0.5) is 0 Å². The zero-order valence-electron chi connectivity index (χ0n) is 14.9. The SMILES string of the molecule is C=C(C)/C(=C\C(=NC)C(=O)NC)OC.CC.CN1CC(O)C1. The van der Waals surface area contributed by atoms with Crippen LogP contribution in [-0.2, 0) is 9.53 Å². The first-order valence-electron chi connectivity index (χ1n) is 7.32. The lowest BCUT2D eigenvalue weighted by Crippen LogP contribution is -2.47. The lowest BCUT2D eigenvalue weighted by molar-refractivity contribution is -0.114. The summed E-state index contributed by atoms with van der Waals surface area (Å²) in [6.45, 7) is 11.2. The molecule has 1 fully saturated rings. The Morgan fingerprint density at radius 3 is 2.14 bits per heavy atom. The Kier molecular flexibility index (Phi) is 13.4. The number of methoxy groups -OCH3 is 1. The van der Waals surface area contributed by atoms with Crippen LogP contribution in [0.25, 0.3) is 0 Å². The number of nitrogens with zero attached hydrogens (tertiary/aromatic N) is 2. The van der Waals surface area contributed by atoms with Gasteiger partial charge in [-0.05, 0) is 19.5 Å². The Morgan fingerprint density at radius 2 is 1.95 bits per heavy atom. The standard InChI is InChI=1S/C10H16N2O2.C4H9NO.C2H6/c1-7(2)9(14-5)6-8(11-3)10(13)12-4;1-5-2-4(6)3-5;1-2/h6H,1H2,2-5H3,(H,12,13);4,6H,2-3H2,1H3;1-2H3/b9-6+,11-8?;;. The van der Waals surface area contributed by atoms with Gasteiger partial charge in [0.1, 0.15) is 11.5 Å². The van der Waals surface area contributed by atoms with Gasteiger partial charge in [0.05, 0.1) is 13.2 Å². The number of aliphatic hydroxyl groups excluding tert-OH is 1. The third-order valence-corrected chi connectivity index (χ3v) is 2.65. The van der Waals surface area contributed by atoms with E-state index in [1.54, 1.807) is 27.1 Å². The Bertz CT molecular complexity index is 391. The second kappa shape index (κ2) is 13.0. The summed E-state index contributed by atoms with van der Waals surface area (Å²) >= 11 is 0. The van der Waals surface area contributed by atoms with E-state index in [0.29, 0.717) is 11.5 Å². The van der Waals surface area contributed by atoms with Gasteiger partial charge in [0.2, 0.25) is 0 Å². The van der Waals surface area contributed by atoms with Crippen molar-refractivity contribution in [3.8, 4) is 0 Å². The quantitative estimate of drug-likeness (QED) is 0.465. The summed E-state index contributed by atoms with van der Waals surface area (Å²) in [5.74, 6) is 0.303. The van der Waals surface area contributed by atoms with Crippen molar-refractivity contribution >= 4 is 11.6 Å². The molecular weight excluding hydrogens is 282 g/mol. The topological polar surface area (TPSA) is 74.2 Å². The molecule has 6 nitrogen and oxygen atoms in total. The van der Waals surface area contributed by atoms with Gasteiger partial charge in [0.25, 0.3) is 5.91 Å². The second-order valence-corrected chi connectivity index (χ2v) is 4.56. The maximum atomic E-state index is 11.2. The van der Waals surface area contributed by atoms with Crippen LogP contribution in [0, 0.1) is 0 Å². The Hall–Kier alpha value is -1.66. The number of carbonyl (C=O) groups is 1. The summed E-state index contributed by atoms with van der Waals surface area (Å²) < 4.78 is 5.04. The molecular formula is C16H31N3O3. The van der Waals surface area contributed by atoms with Crippen LogP contribution < -0.4 is 5.32 Å². The summed E-state index contributed by atoms with van der Waals surface area (Å²) in [7, 11) is 6.62. The number of amides is 1. The Labute approximate surface area is 134 Å². The number of ether oxygens (including phenoxy) is 1. The molecule has 0 unspecified atom stereocenters. The molecule has 0 spiro atoms. The van der Waals surface area contributed by atoms with E-state index >= 15 is 0 Å². The van der Waals surface area contributed by atoms with Crippen LogP contribution in [0.5, 0.6) is 0 Å². The number of aliphatic hydroxyl groups is 1. The molecule has 0 aromatic rings. The highest BCUT2D eigenvalue weighted by molar-refractivity contribution is 6.43. The average molecular weight is 313 g/mol. The lowest BCUT2D eigenvalue weighted by atomic mass is 10.2. The molecule has 1 heterocycles. The van der Waals surface area contributed by atoms with E-state index < -0.39 is 0 Å². The smallest absolute Gasteiger partial charge is 0.269 e. The van der Waals surface area contributed by atoms with Gasteiger partial charge in [-0.15, -0.1) is 0 Å². The van der Waals surface area contributed by atoms with Crippen molar-refractivity contribution in [2.45, 2.75) is 26.9 Å². The van der Waals surface area contributed by atoms with Gasteiger partial charge in [0.15, 0.2) is 0 Å².